The molecule has 1 rings (SSSR count). The molecule has 0 radical (unpaired) electrons. The predicted molar refractivity (Wildman–Crippen MR) is 68.8 cm³/mol. The highest BCUT2D eigenvalue weighted by Crippen LogP contribution is 2.13. The lowest BCUT2D eigenvalue weighted by Crippen LogP contribution is -2.34. The van der Waals surface area contributed by atoms with Crippen molar-refractivity contribution in [3.05, 3.63) is 17.9 Å². The molecular formula is C11H16N2O6S. The summed E-state index contributed by atoms with van der Waals surface area (Å²) < 4.78 is 30.3. The number of carboxylic acids is 1. The minimum Gasteiger partial charge on any atom is -0.475 e. The number of furan rings is 1. The highest BCUT2D eigenvalue weighted by Gasteiger charge is 2.20. The summed E-state index contributed by atoms with van der Waals surface area (Å²) in [6.07, 6.45) is -0.0239. The van der Waals surface area contributed by atoms with Crippen LogP contribution in [0.5, 0.6) is 0 Å². The van der Waals surface area contributed by atoms with E-state index in [9.17, 15) is 18.0 Å². The molecule has 0 saturated carbocycles. The summed E-state index contributed by atoms with van der Waals surface area (Å²) in [5, 5.41) is 10.7. The Bertz CT molecular complexity index is 590. The van der Waals surface area contributed by atoms with E-state index >= 15 is 0 Å². The SMILES string of the molecule is CC(C)NC(=O)CCNS(=O)(=O)c1ccc(C(=O)O)o1. The molecule has 3 N–H and O–H groups in total. The van der Waals surface area contributed by atoms with Gasteiger partial charge in [0.1, 0.15) is 0 Å². The van der Waals surface area contributed by atoms with E-state index in [-0.39, 0.29) is 24.9 Å². The number of hydrogen-bond acceptors (Lipinski definition) is 5. The van der Waals surface area contributed by atoms with Gasteiger partial charge in [-0.25, -0.2) is 17.9 Å². The Morgan fingerprint density at radius 3 is 2.50 bits per heavy atom. The van der Waals surface area contributed by atoms with E-state index in [1.165, 1.54) is 0 Å². The Morgan fingerprint density at radius 2 is 2.00 bits per heavy atom. The van der Waals surface area contributed by atoms with Crippen molar-refractivity contribution in [2.24, 2.45) is 0 Å². The Morgan fingerprint density at radius 1 is 1.35 bits per heavy atom. The van der Waals surface area contributed by atoms with E-state index in [1.807, 2.05) is 0 Å². The maximum atomic E-state index is 11.7. The topological polar surface area (TPSA) is 126 Å². The molecule has 0 aliphatic rings. The lowest BCUT2D eigenvalue weighted by atomic mass is 10.3. The van der Waals surface area contributed by atoms with Gasteiger partial charge in [0.15, 0.2) is 0 Å². The Labute approximate surface area is 116 Å². The lowest BCUT2D eigenvalue weighted by molar-refractivity contribution is -0.121. The van der Waals surface area contributed by atoms with Gasteiger partial charge in [-0.2, -0.15) is 0 Å². The minimum atomic E-state index is -3.96. The van der Waals surface area contributed by atoms with E-state index in [0.29, 0.717) is 0 Å². The van der Waals surface area contributed by atoms with Gasteiger partial charge in [0.2, 0.25) is 16.8 Å². The van der Waals surface area contributed by atoms with Crippen LogP contribution in [0.25, 0.3) is 0 Å². The van der Waals surface area contributed by atoms with E-state index in [2.05, 4.69) is 14.5 Å². The summed E-state index contributed by atoms with van der Waals surface area (Å²) in [4.78, 5) is 21.9. The third kappa shape index (κ3) is 4.67. The van der Waals surface area contributed by atoms with Gasteiger partial charge in [-0.3, -0.25) is 4.79 Å². The van der Waals surface area contributed by atoms with E-state index < -0.39 is 26.8 Å². The predicted octanol–water partition coefficient (Wildman–Crippen LogP) is 0.171. The first-order valence-electron chi connectivity index (χ1n) is 5.84. The first kappa shape index (κ1) is 16.2. The zero-order valence-electron chi connectivity index (χ0n) is 11.0. The van der Waals surface area contributed by atoms with Crippen LogP contribution in [0, 0.1) is 0 Å². The van der Waals surface area contributed by atoms with Crippen LogP contribution in [0.3, 0.4) is 0 Å². The monoisotopic (exact) mass is 304 g/mol. The highest BCUT2D eigenvalue weighted by atomic mass is 32.2. The number of carbonyl (C=O) groups is 2. The van der Waals surface area contributed by atoms with Crippen LogP contribution in [0.15, 0.2) is 21.6 Å². The molecule has 0 spiro atoms. The molecule has 0 aliphatic carbocycles. The molecule has 9 heteroatoms. The average molecular weight is 304 g/mol. The maximum absolute atomic E-state index is 11.7. The van der Waals surface area contributed by atoms with Crippen molar-refractivity contribution in [3.63, 3.8) is 0 Å². The standard InChI is InChI=1S/C11H16N2O6S/c1-7(2)13-9(14)5-6-12-20(17,18)10-4-3-8(19-10)11(15)16/h3-4,7,12H,5-6H2,1-2H3,(H,13,14)(H,15,16). The number of amides is 1. The fraction of sp³-hybridized carbons (Fsp3) is 0.455. The summed E-state index contributed by atoms with van der Waals surface area (Å²) in [7, 11) is -3.96. The first-order valence-corrected chi connectivity index (χ1v) is 7.33. The summed E-state index contributed by atoms with van der Waals surface area (Å²) in [6, 6.07) is 2.06. The number of aromatic carboxylic acids is 1. The summed E-state index contributed by atoms with van der Waals surface area (Å²) in [5.74, 6) is -2.11. The first-order chi connectivity index (χ1) is 9.22. The van der Waals surface area contributed by atoms with Crippen molar-refractivity contribution in [2.75, 3.05) is 6.54 Å². The maximum Gasteiger partial charge on any atom is 0.371 e. The molecule has 0 aliphatic heterocycles. The van der Waals surface area contributed by atoms with Gasteiger partial charge in [-0.15, -0.1) is 0 Å². The number of carbonyl (C=O) groups excluding carboxylic acids is 1. The molecule has 1 heterocycles. The molecule has 0 saturated heterocycles. The second kappa shape index (κ2) is 6.53. The molecule has 1 aromatic rings. The lowest BCUT2D eigenvalue weighted by Gasteiger charge is -2.08. The van der Waals surface area contributed by atoms with Crippen molar-refractivity contribution in [1.82, 2.24) is 10.0 Å². The largest absolute Gasteiger partial charge is 0.475 e. The number of carboxylic acid groups (broad SMARTS) is 1. The minimum absolute atomic E-state index is 0.0239. The van der Waals surface area contributed by atoms with Gasteiger partial charge in [-0.05, 0) is 26.0 Å². The molecule has 0 unspecified atom stereocenters. The molecule has 1 amide bonds. The molecule has 112 valence electrons. The van der Waals surface area contributed by atoms with Crippen LogP contribution in [-0.2, 0) is 14.8 Å². The van der Waals surface area contributed by atoms with Crippen LogP contribution in [0.1, 0.15) is 30.8 Å². The molecule has 20 heavy (non-hydrogen) atoms. The van der Waals surface area contributed by atoms with E-state index in [4.69, 9.17) is 5.11 Å². The number of sulfonamides is 1. The van der Waals surface area contributed by atoms with Crippen molar-refractivity contribution < 1.29 is 27.5 Å². The van der Waals surface area contributed by atoms with Crippen molar-refractivity contribution in [2.45, 2.75) is 31.4 Å². The summed E-state index contributed by atoms with van der Waals surface area (Å²) in [6.45, 7) is 3.47. The van der Waals surface area contributed by atoms with Crippen molar-refractivity contribution in [1.29, 1.82) is 0 Å². The summed E-state index contributed by atoms with van der Waals surface area (Å²) >= 11 is 0. The average Bonchev–Trinajstić information content (AvgIpc) is 2.77. The fourth-order valence-corrected chi connectivity index (χ4v) is 2.30. The number of nitrogens with one attached hydrogen (secondary N) is 2. The quantitative estimate of drug-likeness (QED) is 0.659. The van der Waals surface area contributed by atoms with Crippen molar-refractivity contribution in [3.8, 4) is 0 Å². The summed E-state index contributed by atoms with van der Waals surface area (Å²) in [5.41, 5.74) is 0. The molecule has 0 aromatic carbocycles. The fourth-order valence-electron chi connectivity index (χ4n) is 1.34. The smallest absolute Gasteiger partial charge is 0.371 e. The molecular weight excluding hydrogens is 288 g/mol. The molecule has 0 bridgehead atoms. The van der Waals surface area contributed by atoms with Gasteiger partial charge in [-0.1, -0.05) is 0 Å². The van der Waals surface area contributed by atoms with Gasteiger partial charge < -0.3 is 14.8 Å². The third-order valence-electron chi connectivity index (χ3n) is 2.15. The molecule has 8 nitrogen and oxygen atoms in total. The molecule has 1 aromatic heterocycles. The normalized spacial score (nSPS) is 11.6. The van der Waals surface area contributed by atoms with Crippen molar-refractivity contribution >= 4 is 21.9 Å². The van der Waals surface area contributed by atoms with E-state index in [1.54, 1.807) is 13.8 Å². The Kier molecular flexibility index (Phi) is 5.28. The van der Waals surface area contributed by atoms with Crippen LogP contribution < -0.4 is 10.0 Å². The number of rotatable bonds is 7. The Hall–Kier alpha value is -1.87. The van der Waals surface area contributed by atoms with Gasteiger partial charge in [0.05, 0.1) is 0 Å². The molecule has 0 fully saturated rings. The third-order valence-corrected chi connectivity index (χ3v) is 3.48. The zero-order chi connectivity index (χ0) is 15.3. The van der Waals surface area contributed by atoms with Crippen LogP contribution in [0.4, 0.5) is 0 Å². The van der Waals surface area contributed by atoms with Gasteiger partial charge >= 0.3 is 5.97 Å². The highest BCUT2D eigenvalue weighted by molar-refractivity contribution is 7.89. The van der Waals surface area contributed by atoms with Crippen LogP contribution >= 0.6 is 0 Å². The van der Waals surface area contributed by atoms with Crippen LogP contribution in [0.2, 0.25) is 0 Å². The molecule has 0 atom stereocenters. The second-order valence-corrected chi connectivity index (χ2v) is 5.99. The van der Waals surface area contributed by atoms with Gasteiger partial charge in [0.25, 0.3) is 10.0 Å². The number of hydrogen-bond donors (Lipinski definition) is 3. The van der Waals surface area contributed by atoms with Gasteiger partial charge in [0, 0.05) is 19.0 Å². The van der Waals surface area contributed by atoms with E-state index in [0.717, 1.165) is 12.1 Å². The Balaban J connectivity index is 2.57. The van der Waals surface area contributed by atoms with Crippen LogP contribution in [-0.4, -0.2) is 38.0 Å². The second-order valence-electron chi connectivity index (χ2n) is 4.29. The zero-order valence-corrected chi connectivity index (χ0v) is 11.9.